The second-order valence-electron chi connectivity index (χ2n) is 7.55. The number of fused-ring (bicyclic) bond motifs is 2. The van der Waals surface area contributed by atoms with Crippen LogP contribution in [0.1, 0.15) is 15.9 Å². The number of halogens is 1. The van der Waals surface area contributed by atoms with Crippen LogP contribution < -0.4 is 10.2 Å². The standard InChI is InChI=1S/C27H17FO5/c1-32-18-8-10-24-21(14-18)26(31)22-12-16(25(30)20-13-17(28)7-9-23(20)29)11-19(27(22)33-24)15-5-3-2-4-6-15/h2-14,29H,1H3. The highest BCUT2D eigenvalue weighted by molar-refractivity contribution is 6.14. The Morgan fingerprint density at radius 1 is 0.939 bits per heavy atom. The highest BCUT2D eigenvalue weighted by Crippen LogP contribution is 2.33. The van der Waals surface area contributed by atoms with E-state index in [0.29, 0.717) is 27.9 Å². The van der Waals surface area contributed by atoms with E-state index in [4.69, 9.17) is 9.15 Å². The van der Waals surface area contributed by atoms with Crippen LogP contribution in [0, 0.1) is 5.82 Å². The van der Waals surface area contributed by atoms with Crippen molar-refractivity contribution in [2.75, 3.05) is 7.11 Å². The van der Waals surface area contributed by atoms with E-state index in [1.165, 1.54) is 13.2 Å². The van der Waals surface area contributed by atoms with Crippen molar-refractivity contribution in [1.29, 1.82) is 0 Å². The Labute approximate surface area is 187 Å². The second kappa shape index (κ2) is 7.91. The summed E-state index contributed by atoms with van der Waals surface area (Å²) in [6.45, 7) is 0. The Morgan fingerprint density at radius 3 is 2.48 bits per heavy atom. The molecule has 0 bridgehead atoms. The van der Waals surface area contributed by atoms with Crippen molar-refractivity contribution in [3.8, 4) is 22.6 Å². The number of carbonyl (C=O) groups excluding carboxylic acids is 1. The molecule has 0 fully saturated rings. The minimum absolute atomic E-state index is 0.122. The van der Waals surface area contributed by atoms with Crippen molar-refractivity contribution in [3.05, 3.63) is 106 Å². The Balaban J connectivity index is 1.85. The van der Waals surface area contributed by atoms with E-state index >= 15 is 0 Å². The average Bonchev–Trinajstić information content (AvgIpc) is 2.85. The van der Waals surface area contributed by atoms with E-state index in [0.717, 1.165) is 23.8 Å². The molecule has 1 N–H and O–H groups in total. The lowest BCUT2D eigenvalue weighted by Gasteiger charge is -2.11. The number of hydrogen-bond donors (Lipinski definition) is 1. The van der Waals surface area contributed by atoms with Crippen molar-refractivity contribution in [2.45, 2.75) is 0 Å². The number of carbonyl (C=O) groups is 1. The van der Waals surface area contributed by atoms with Gasteiger partial charge in [0.15, 0.2) is 5.78 Å². The average molecular weight is 440 g/mol. The maximum atomic E-state index is 13.8. The summed E-state index contributed by atoms with van der Waals surface area (Å²) in [5.41, 5.74) is 1.56. The molecule has 5 nitrogen and oxygen atoms in total. The van der Waals surface area contributed by atoms with Crippen molar-refractivity contribution < 1.29 is 23.4 Å². The van der Waals surface area contributed by atoms with Crippen molar-refractivity contribution >= 4 is 27.7 Å². The normalized spacial score (nSPS) is 11.1. The number of rotatable bonds is 4. The minimum Gasteiger partial charge on any atom is -0.507 e. The molecule has 1 heterocycles. The fourth-order valence-corrected chi connectivity index (χ4v) is 3.87. The van der Waals surface area contributed by atoms with Gasteiger partial charge >= 0.3 is 0 Å². The number of ether oxygens (including phenoxy) is 1. The Hall–Kier alpha value is -4.45. The maximum absolute atomic E-state index is 13.8. The highest BCUT2D eigenvalue weighted by atomic mass is 19.1. The quantitative estimate of drug-likeness (QED) is 0.287. The van der Waals surface area contributed by atoms with Crippen LogP contribution in [0.2, 0.25) is 0 Å². The number of ketones is 1. The van der Waals surface area contributed by atoms with Gasteiger partial charge in [-0.05, 0) is 54.1 Å². The van der Waals surface area contributed by atoms with Gasteiger partial charge in [0.05, 0.1) is 23.4 Å². The first-order valence-electron chi connectivity index (χ1n) is 10.1. The van der Waals surface area contributed by atoms with Gasteiger partial charge in [-0.3, -0.25) is 9.59 Å². The first kappa shape index (κ1) is 20.5. The molecule has 0 aliphatic rings. The molecule has 162 valence electrons. The summed E-state index contributed by atoms with van der Waals surface area (Å²) in [5.74, 6) is -1.12. The number of hydrogen-bond acceptors (Lipinski definition) is 5. The van der Waals surface area contributed by atoms with Crippen molar-refractivity contribution in [1.82, 2.24) is 0 Å². The summed E-state index contributed by atoms with van der Waals surface area (Å²) in [4.78, 5) is 26.7. The molecule has 0 saturated carbocycles. The van der Waals surface area contributed by atoms with Gasteiger partial charge in [0.2, 0.25) is 5.43 Å². The number of benzene rings is 4. The molecule has 6 heteroatoms. The van der Waals surface area contributed by atoms with E-state index in [1.54, 1.807) is 24.3 Å². The molecule has 5 aromatic rings. The van der Waals surface area contributed by atoms with Crippen LogP contribution in [0.5, 0.6) is 11.5 Å². The molecule has 0 spiro atoms. The van der Waals surface area contributed by atoms with Gasteiger partial charge < -0.3 is 14.3 Å². The lowest BCUT2D eigenvalue weighted by molar-refractivity contribution is 0.103. The molecule has 0 atom stereocenters. The number of methoxy groups -OCH3 is 1. The second-order valence-corrected chi connectivity index (χ2v) is 7.55. The fraction of sp³-hybridized carbons (Fsp3) is 0.0370. The van der Waals surface area contributed by atoms with E-state index < -0.39 is 11.6 Å². The van der Waals surface area contributed by atoms with Crippen LogP contribution in [0.4, 0.5) is 4.39 Å². The van der Waals surface area contributed by atoms with Crippen LogP contribution in [0.3, 0.4) is 0 Å². The van der Waals surface area contributed by atoms with Crippen LogP contribution in [-0.4, -0.2) is 18.0 Å². The summed E-state index contributed by atoms with van der Waals surface area (Å²) in [5, 5.41) is 10.6. The number of phenols is 1. The summed E-state index contributed by atoms with van der Waals surface area (Å²) in [6, 6.07) is 20.3. The molecular formula is C27H17FO5. The monoisotopic (exact) mass is 440 g/mol. The molecule has 0 radical (unpaired) electrons. The molecule has 1 aromatic heterocycles. The SMILES string of the molecule is COc1ccc2oc3c(-c4ccccc4)cc(C(=O)c4cc(F)ccc4O)cc3c(=O)c2c1. The first-order valence-corrected chi connectivity index (χ1v) is 10.1. The summed E-state index contributed by atoms with van der Waals surface area (Å²) < 4.78 is 25.1. The Morgan fingerprint density at radius 2 is 1.73 bits per heavy atom. The predicted molar refractivity (Wildman–Crippen MR) is 123 cm³/mol. The van der Waals surface area contributed by atoms with Crippen LogP contribution in [0.25, 0.3) is 33.1 Å². The van der Waals surface area contributed by atoms with Crippen LogP contribution >= 0.6 is 0 Å². The van der Waals surface area contributed by atoms with Gasteiger partial charge in [0.25, 0.3) is 0 Å². The minimum atomic E-state index is -0.655. The number of aromatic hydroxyl groups is 1. The van der Waals surface area contributed by atoms with Gasteiger partial charge in [-0.1, -0.05) is 30.3 Å². The number of phenolic OH excluding ortho intramolecular Hbond substituents is 1. The van der Waals surface area contributed by atoms with E-state index in [9.17, 15) is 19.1 Å². The van der Waals surface area contributed by atoms with E-state index in [1.807, 2.05) is 30.3 Å². The zero-order valence-electron chi connectivity index (χ0n) is 17.5. The van der Waals surface area contributed by atoms with E-state index in [-0.39, 0.29) is 27.7 Å². The molecule has 0 aliphatic heterocycles. The van der Waals surface area contributed by atoms with Crippen molar-refractivity contribution in [3.63, 3.8) is 0 Å². The van der Waals surface area contributed by atoms with Gasteiger partial charge in [0, 0.05) is 11.1 Å². The van der Waals surface area contributed by atoms with Crippen LogP contribution in [0.15, 0.2) is 88.1 Å². The molecular weight excluding hydrogens is 423 g/mol. The molecule has 4 aromatic carbocycles. The third-order valence-corrected chi connectivity index (χ3v) is 5.53. The third kappa shape index (κ3) is 3.51. The Kier molecular flexibility index (Phi) is 4.90. The fourth-order valence-electron chi connectivity index (χ4n) is 3.87. The van der Waals surface area contributed by atoms with Gasteiger partial charge in [-0.15, -0.1) is 0 Å². The molecule has 0 amide bonds. The predicted octanol–water partition coefficient (Wildman–Crippen LogP) is 5.70. The molecule has 33 heavy (non-hydrogen) atoms. The largest absolute Gasteiger partial charge is 0.507 e. The molecule has 0 aliphatic carbocycles. The van der Waals surface area contributed by atoms with Crippen LogP contribution in [-0.2, 0) is 0 Å². The molecule has 0 saturated heterocycles. The third-order valence-electron chi connectivity index (χ3n) is 5.53. The first-order chi connectivity index (χ1) is 16.0. The van der Waals surface area contributed by atoms with Gasteiger partial charge in [-0.2, -0.15) is 0 Å². The lowest BCUT2D eigenvalue weighted by atomic mass is 9.94. The van der Waals surface area contributed by atoms with E-state index in [2.05, 4.69) is 0 Å². The highest BCUT2D eigenvalue weighted by Gasteiger charge is 2.20. The zero-order chi connectivity index (χ0) is 23.1. The summed E-state index contributed by atoms with van der Waals surface area (Å²) in [7, 11) is 1.50. The summed E-state index contributed by atoms with van der Waals surface area (Å²) in [6.07, 6.45) is 0. The van der Waals surface area contributed by atoms with Gasteiger partial charge in [0.1, 0.15) is 28.5 Å². The van der Waals surface area contributed by atoms with Crippen molar-refractivity contribution in [2.24, 2.45) is 0 Å². The maximum Gasteiger partial charge on any atom is 0.200 e. The molecule has 0 unspecified atom stereocenters. The lowest BCUT2D eigenvalue weighted by Crippen LogP contribution is -2.08. The Bertz CT molecular complexity index is 1600. The topological polar surface area (TPSA) is 76.7 Å². The van der Waals surface area contributed by atoms with Gasteiger partial charge in [-0.25, -0.2) is 4.39 Å². The smallest absolute Gasteiger partial charge is 0.200 e. The summed E-state index contributed by atoms with van der Waals surface area (Å²) >= 11 is 0. The zero-order valence-corrected chi connectivity index (χ0v) is 17.5. The molecule has 5 rings (SSSR count).